The standard InChI is InChI=1S/C16H10ClN5O/c17-12-8-10(16-19-21-22-20-16)4-6-11(12)13-7-5-9-2-1-3-14(23)15(9)18-13/h1-8,23H,(H,19,20,21,22). The first-order valence-corrected chi connectivity index (χ1v) is 7.22. The first kappa shape index (κ1) is 13.7. The van der Waals surface area contributed by atoms with E-state index in [0.29, 0.717) is 22.1 Å². The predicted octanol–water partition coefficient (Wildman–Crippen LogP) is 3.44. The number of phenols is 1. The first-order chi connectivity index (χ1) is 11.2. The Balaban J connectivity index is 1.83. The van der Waals surface area contributed by atoms with Crippen LogP contribution in [0.25, 0.3) is 33.5 Å². The number of tetrazole rings is 1. The summed E-state index contributed by atoms with van der Waals surface area (Å²) >= 11 is 6.38. The van der Waals surface area contributed by atoms with Crippen molar-refractivity contribution in [3.8, 4) is 28.4 Å². The number of rotatable bonds is 2. The molecular formula is C16H10ClN5O. The number of halogens is 1. The van der Waals surface area contributed by atoms with Crippen molar-refractivity contribution in [1.29, 1.82) is 0 Å². The summed E-state index contributed by atoms with van der Waals surface area (Å²) in [4.78, 5) is 4.51. The summed E-state index contributed by atoms with van der Waals surface area (Å²) in [5, 5.41) is 25.1. The second kappa shape index (κ2) is 5.33. The number of aromatic hydroxyl groups is 1. The highest BCUT2D eigenvalue weighted by Crippen LogP contribution is 2.32. The average Bonchev–Trinajstić information content (AvgIpc) is 3.09. The van der Waals surface area contributed by atoms with Gasteiger partial charge in [0.25, 0.3) is 0 Å². The predicted molar refractivity (Wildman–Crippen MR) is 87.0 cm³/mol. The maximum atomic E-state index is 9.96. The molecule has 7 heteroatoms. The van der Waals surface area contributed by atoms with Gasteiger partial charge in [-0.1, -0.05) is 41.9 Å². The van der Waals surface area contributed by atoms with Crippen molar-refractivity contribution in [2.24, 2.45) is 0 Å². The van der Waals surface area contributed by atoms with Crippen molar-refractivity contribution in [1.82, 2.24) is 25.6 Å². The molecule has 0 saturated carbocycles. The van der Waals surface area contributed by atoms with Crippen LogP contribution in [-0.4, -0.2) is 30.7 Å². The van der Waals surface area contributed by atoms with Gasteiger partial charge >= 0.3 is 0 Å². The van der Waals surface area contributed by atoms with Gasteiger partial charge in [-0.3, -0.25) is 0 Å². The van der Waals surface area contributed by atoms with Crippen molar-refractivity contribution in [2.75, 3.05) is 0 Å². The number of benzene rings is 2. The highest BCUT2D eigenvalue weighted by atomic mass is 35.5. The van der Waals surface area contributed by atoms with Gasteiger partial charge in [0, 0.05) is 16.5 Å². The smallest absolute Gasteiger partial charge is 0.204 e. The normalized spacial score (nSPS) is 11.0. The zero-order valence-corrected chi connectivity index (χ0v) is 12.5. The first-order valence-electron chi connectivity index (χ1n) is 6.85. The minimum absolute atomic E-state index is 0.142. The van der Waals surface area contributed by atoms with Crippen LogP contribution < -0.4 is 0 Å². The third-order valence-corrected chi connectivity index (χ3v) is 3.86. The minimum Gasteiger partial charge on any atom is -0.506 e. The lowest BCUT2D eigenvalue weighted by Crippen LogP contribution is -1.88. The third kappa shape index (κ3) is 2.39. The van der Waals surface area contributed by atoms with Crippen molar-refractivity contribution in [2.45, 2.75) is 0 Å². The van der Waals surface area contributed by atoms with E-state index in [0.717, 1.165) is 16.5 Å². The summed E-state index contributed by atoms with van der Waals surface area (Å²) in [6, 6.07) is 14.5. The highest BCUT2D eigenvalue weighted by molar-refractivity contribution is 6.33. The molecular weight excluding hydrogens is 314 g/mol. The summed E-state index contributed by atoms with van der Waals surface area (Å²) in [6.45, 7) is 0. The van der Waals surface area contributed by atoms with Gasteiger partial charge in [0.1, 0.15) is 11.3 Å². The van der Waals surface area contributed by atoms with E-state index < -0.39 is 0 Å². The average molecular weight is 324 g/mol. The zero-order valence-electron chi connectivity index (χ0n) is 11.7. The van der Waals surface area contributed by atoms with Crippen molar-refractivity contribution < 1.29 is 5.11 Å². The lowest BCUT2D eigenvalue weighted by atomic mass is 10.1. The second-order valence-corrected chi connectivity index (χ2v) is 5.38. The van der Waals surface area contributed by atoms with Gasteiger partial charge in [0.15, 0.2) is 0 Å². The molecule has 2 aromatic carbocycles. The van der Waals surface area contributed by atoms with E-state index in [9.17, 15) is 5.11 Å². The van der Waals surface area contributed by atoms with Crippen LogP contribution in [0.4, 0.5) is 0 Å². The summed E-state index contributed by atoms with van der Waals surface area (Å²) in [5.74, 6) is 0.617. The largest absolute Gasteiger partial charge is 0.506 e. The molecule has 0 fully saturated rings. The quantitative estimate of drug-likeness (QED) is 0.590. The number of para-hydroxylation sites is 1. The van der Waals surface area contributed by atoms with Gasteiger partial charge in [0.2, 0.25) is 5.82 Å². The zero-order chi connectivity index (χ0) is 15.8. The number of aromatic nitrogens is 5. The van der Waals surface area contributed by atoms with Crippen molar-refractivity contribution in [3.63, 3.8) is 0 Å². The monoisotopic (exact) mass is 323 g/mol. The Morgan fingerprint density at radius 2 is 1.96 bits per heavy atom. The Bertz CT molecular complexity index is 1000. The number of H-pyrrole nitrogens is 1. The van der Waals surface area contributed by atoms with Crippen LogP contribution in [0.3, 0.4) is 0 Å². The molecule has 112 valence electrons. The lowest BCUT2D eigenvalue weighted by Gasteiger charge is -2.07. The molecule has 6 nitrogen and oxygen atoms in total. The number of fused-ring (bicyclic) bond motifs is 1. The molecule has 0 aliphatic rings. The number of pyridine rings is 1. The lowest BCUT2D eigenvalue weighted by molar-refractivity contribution is 0.480. The van der Waals surface area contributed by atoms with Crippen LogP contribution in [0.2, 0.25) is 5.02 Å². The molecule has 4 aromatic rings. The molecule has 0 bridgehead atoms. The van der Waals surface area contributed by atoms with E-state index in [1.165, 1.54) is 0 Å². The Labute approximate surface area is 135 Å². The van der Waals surface area contributed by atoms with Gasteiger partial charge in [-0.15, -0.1) is 10.2 Å². The summed E-state index contributed by atoms with van der Waals surface area (Å²) in [6.07, 6.45) is 0. The molecule has 2 N–H and O–H groups in total. The maximum Gasteiger partial charge on any atom is 0.204 e. The Morgan fingerprint density at radius 1 is 1.04 bits per heavy atom. The Kier molecular flexibility index (Phi) is 3.17. The molecule has 0 amide bonds. The molecule has 2 aromatic heterocycles. The molecule has 0 atom stereocenters. The summed E-state index contributed by atoms with van der Waals surface area (Å²) in [5.41, 5.74) is 2.76. The van der Waals surface area contributed by atoms with Gasteiger partial charge < -0.3 is 5.11 Å². The number of hydrogen-bond acceptors (Lipinski definition) is 5. The summed E-state index contributed by atoms with van der Waals surface area (Å²) in [7, 11) is 0. The minimum atomic E-state index is 0.142. The van der Waals surface area contributed by atoms with Gasteiger partial charge in [-0.05, 0) is 23.4 Å². The second-order valence-electron chi connectivity index (χ2n) is 4.98. The molecule has 0 aliphatic carbocycles. The number of nitrogens with zero attached hydrogens (tertiary/aromatic N) is 4. The third-order valence-electron chi connectivity index (χ3n) is 3.55. The van der Waals surface area contributed by atoms with Crippen LogP contribution in [0.15, 0.2) is 48.5 Å². The van der Waals surface area contributed by atoms with E-state index >= 15 is 0 Å². The molecule has 2 heterocycles. The topological polar surface area (TPSA) is 87.6 Å². The van der Waals surface area contributed by atoms with Crippen LogP contribution >= 0.6 is 11.6 Å². The molecule has 0 spiro atoms. The van der Waals surface area contributed by atoms with E-state index in [4.69, 9.17) is 11.6 Å². The van der Waals surface area contributed by atoms with Gasteiger partial charge in [-0.25, -0.2) is 4.98 Å². The van der Waals surface area contributed by atoms with E-state index in [1.807, 2.05) is 30.3 Å². The highest BCUT2D eigenvalue weighted by Gasteiger charge is 2.11. The number of nitrogens with one attached hydrogen (secondary N) is 1. The number of aromatic amines is 1. The van der Waals surface area contributed by atoms with Gasteiger partial charge in [-0.2, -0.15) is 5.21 Å². The molecule has 4 rings (SSSR count). The number of phenolic OH excluding ortho intramolecular Hbond substituents is 1. The van der Waals surface area contributed by atoms with E-state index in [2.05, 4.69) is 25.6 Å². The fraction of sp³-hybridized carbons (Fsp3) is 0. The van der Waals surface area contributed by atoms with E-state index in [-0.39, 0.29) is 5.75 Å². The Hall–Kier alpha value is -2.99. The molecule has 0 radical (unpaired) electrons. The van der Waals surface area contributed by atoms with Crippen LogP contribution in [0.5, 0.6) is 5.75 Å². The molecule has 23 heavy (non-hydrogen) atoms. The fourth-order valence-corrected chi connectivity index (χ4v) is 2.70. The van der Waals surface area contributed by atoms with E-state index in [1.54, 1.807) is 18.2 Å². The summed E-state index contributed by atoms with van der Waals surface area (Å²) < 4.78 is 0. The SMILES string of the molecule is Oc1cccc2ccc(-c3ccc(-c4nn[nH]n4)cc3Cl)nc12. The molecule has 0 saturated heterocycles. The van der Waals surface area contributed by atoms with Crippen molar-refractivity contribution in [3.05, 3.63) is 53.6 Å². The van der Waals surface area contributed by atoms with Gasteiger partial charge in [0.05, 0.1) is 10.7 Å². The van der Waals surface area contributed by atoms with Crippen LogP contribution in [-0.2, 0) is 0 Å². The molecule has 0 unspecified atom stereocenters. The number of hydrogen-bond donors (Lipinski definition) is 2. The maximum absolute atomic E-state index is 9.96. The van der Waals surface area contributed by atoms with Crippen LogP contribution in [0, 0.1) is 0 Å². The molecule has 0 aliphatic heterocycles. The fourth-order valence-electron chi connectivity index (χ4n) is 2.43. The van der Waals surface area contributed by atoms with Crippen molar-refractivity contribution >= 4 is 22.5 Å². The van der Waals surface area contributed by atoms with Crippen LogP contribution in [0.1, 0.15) is 0 Å². The Morgan fingerprint density at radius 3 is 2.74 bits per heavy atom.